The molecule has 0 radical (unpaired) electrons. The normalized spacial score (nSPS) is 25.1. The summed E-state index contributed by atoms with van der Waals surface area (Å²) in [6.07, 6.45) is 1.08. The molecule has 1 saturated heterocycles. The second-order valence-corrected chi connectivity index (χ2v) is 4.67. The number of halogens is 1. The maximum absolute atomic E-state index is 14.0. The molecule has 3 atom stereocenters. The number of hydrazine groups is 1. The maximum Gasteiger partial charge on any atom is 0.131 e. The molecule has 2 rings (SSSR count). The summed E-state index contributed by atoms with van der Waals surface area (Å²) in [5.74, 6) is 5.95. The van der Waals surface area contributed by atoms with Gasteiger partial charge in [-0.2, -0.15) is 0 Å². The van der Waals surface area contributed by atoms with Crippen LogP contribution < -0.4 is 16.0 Å². The van der Waals surface area contributed by atoms with Gasteiger partial charge in [-0.25, -0.2) is 4.39 Å². The summed E-state index contributed by atoms with van der Waals surface area (Å²) >= 11 is 0. The van der Waals surface area contributed by atoms with Crippen molar-refractivity contribution in [2.24, 2.45) is 11.8 Å². The molecular formula is C13H19FN2O2. The summed E-state index contributed by atoms with van der Waals surface area (Å²) in [4.78, 5) is 0. The monoisotopic (exact) mass is 254 g/mol. The average molecular weight is 254 g/mol. The highest BCUT2D eigenvalue weighted by Crippen LogP contribution is 2.33. The second-order valence-electron chi connectivity index (χ2n) is 4.67. The minimum atomic E-state index is -0.308. The first kappa shape index (κ1) is 13.3. The van der Waals surface area contributed by atoms with Gasteiger partial charge in [0.1, 0.15) is 11.6 Å². The molecule has 1 fully saturated rings. The van der Waals surface area contributed by atoms with Crippen molar-refractivity contribution in [1.82, 2.24) is 5.43 Å². The first-order chi connectivity index (χ1) is 8.65. The van der Waals surface area contributed by atoms with Gasteiger partial charge in [-0.05, 0) is 19.4 Å². The fourth-order valence-electron chi connectivity index (χ4n) is 2.45. The van der Waals surface area contributed by atoms with Gasteiger partial charge in [0.15, 0.2) is 0 Å². The van der Waals surface area contributed by atoms with E-state index in [4.69, 9.17) is 15.3 Å². The fourth-order valence-corrected chi connectivity index (χ4v) is 2.45. The van der Waals surface area contributed by atoms with Gasteiger partial charge in [0.05, 0.1) is 25.9 Å². The van der Waals surface area contributed by atoms with E-state index in [1.807, 2.05) is 6.92 Å². The lowest BCUT2D eigenvalue weighted by molar-refractivity contribution is 0.116. The molecular weight excluding hydrogens is 235 g/mol. The Bertz CT molecular complexity index is 414. The van der Waals surface area contributed by atoms with Crippen molar-refractivity contribution in [3.63, 3.8) is 0 Å². The molecule has 18 heavy (non-hydrogen) atoms. The van der Waals surface area contributed by atoms with Crippen molar-refractivity contribution in [1.29, 1.82) is 0 Å². The first-order valence-electron chi connectivity index (χ1n) is 6.07. The molecule has 1 aliphatic rings. The van der Waals surface area contributed by atoms with E-state index < -0.39 is 0 Å². The Balaban J connectivity index is 2.22. The van der Waals surface area contributed by atoms with Crippen molar-refractivity contribution in [3.05, 3.63) is 29.6 Å². The van der Waals surface area contributed by atoms with Crippen molar-refractivity contribution in [2.75, 3.05) is 13.7 Å². The number of hydrogen-bond acceptors (Lipinski definition) is 4. The molecule has 4 nitrogen and oxygen atoms in total. The molecule has 0 aliphatic carbocycles. The standard InChI is InChI=1S/C13H19FN2O2/c1-8-5-9(7-18-8)13(16-15)11-4-3-10(17-2)6-12(11)14/h3-4,6,8-9,13,16H,5,7,15H2,1-2H3. The number of nitrogens with two attached hydrogens (primary N) is 1. The molecule has 0 spiro atoms. The molecule has 1 aliphatic heterocycles. The molecule has 0 bridgehead atoms. The number of benzene rings is 1. The van der Waals surface area contributed by atoms with E-state index in [1.165, 1.54) is 13.2 Å². The van der Waals surface area contributed by atoms with E-state index in [1.54, 1.807) is 12.1 Å². The van der Waals surface area contributed by atoms with Gasteiger partial charge in [-0.1, -0.05) is 6.07 Å². The molecule has 0 amide bonds. The van der Waals surface area contributed by atoms with Crippen LogP contribution in [0.2, 0.25) is 0 Å². The Morgan fingerprint density at radius 2 is 2.33 bits per heavy atom. The Morgan fingerprint density at radius 3 is 2.83 bits per heavy atom. The second kappa shape index (κ2) is 5.65. The summed E-state index contributed by atoms with van der Waals surface area (Å²) < 4.78 is 24.5. The average Bonchev–Trinajstić information content (AvgIpc) is 2.78. The zero-order valence-electron chi connectivity index (χ0n) is 10.7. The van der Waals surface area contributed by atoms with Crippen molar-refractivity contribution in [3.8, 4) is 5.75 Å². The smallest absolute Gasteiger partial charge is 0.131 e. The molecule has 1 heterocycles. The number of ether oxygens (including phenoxy) is 2. The molecule has 3 unspecified atom stereocenters. The molecule has 1 aromatic rings. The minimum absolute atomic E-state index is 0.188. The van der Waals surface area contributed by atoms with Gasteiger partial charge in [-0.3, -0.25) is 11.3 Å². The van der Waals surface area contributed by atoms with Crippen LogP contribution in [0.5, 0.6) is 5.75 Å². The van der Waals surface area contributed by atoms with Crippen LogP contribution in [0.4, 0.5) is 4.39 Å². The van der Waals surface area contributed by atoms with Crippen molar-refractivity contribution < 1.29 is 13.9 Å². The quantitative estimate of drug-likeness (QED) is 0.635. The van der Waals surface area contributed by atoms with Crippen LogP contribution in [0, 0.1) is 11.7 Å². The fraction of sp³-hybridized carbons (Fsp3) is 0.538. The topological polar surface area (TPSA) is 56.5 Å². The Morgan fingerprint density at radius 1 is 1.56 bits per heavy atom. The lowest BCUT2D eigenvalue weighted by atomic mass is 9.91. The van der Waals surface area contributed by atoms with Gasteiger partial charge >= 0.3 is 0 Å². The van der Waals surface area contributed by atoms with Crippen molar-refractivity contribution >= 4 is 0 Å². The lowest BCUT2D eigenvalue weighted by Gasteiger charge is -2.22. The van der Waals surface area contributed by atoms with Gasteiger partial charge in [0.25, 0.3) is 0 Å². The summed E-state index contributed by atoms with van der Waals surface area (Å²) in [6, 6.07) is 4.59. The van der Waals surface area contributed by atoms with E-state index in [9.17, 15) is 4.39 Å². The van der Waals surface area contributed by atoms with Crippen LogP contribution in [-0.2, 0) is 4.74 Å². The van der Waals surface area contributed by atoms with Crippen molar-refractivity contribution in [2.45, 2.75) is 25.5 Å². The van der Waals surface area contributed by atoms with Crippen LogP contribution in [0.15, 0.2) is 18.2 Å². The van der Waals surface area contributed by atoms with Gasteiger partial charge in [0.2, 0.25) is 0 Å². The minimum Gasteiger partial charge on any atom is -0.497 e. The molecule has 0 aromatic heterocycles. The van der Waals surface area contributed by atoms with Gasteiger partial charge in [-0.15, -0.1) is 0 Å². The van der Waals surface area contributed by atoms with E-state index in [0.29, 0.717) is 17.9 Å². The SMILES string of the molecule is COc1ccc(C(NN)C2COC(C)C2)c(F)c1. The van der Waals surface area contributed by atoms with Crippen LogP contribution >= 0.6 is 0 Å². The largest absolute Gasteiger partial charge is 0.497 e. The third-order valence-corrected chi connectivity index (χ3v) is 3.42. The van der Waals surface area contributed by atoms with E-state index >= 15 is 0 Å². The predicted molar refractivity (Wildman–Crippen MR) is 66.5 cm³/mol. The van der Waals surface area contributed by atoms with E-state index in [2.05, 4.69) is 5.43 Å². The predicted octanol–water partition coefficient (Wildman–Crippen LogP) is 1.76. The lowest BCUT2D eigenvalue weighted by Crippen LogP contribution is -2.34. The molecule has 3 N–H and O–H groups in total. The van der Waals surface area contributed by atoms with E-state index in [-0.39, 0.29) is 23.9 Å². The highest BCUT2D eigenvalue weighted by atomic mass is 19.1. The Labute approximate surface area is 106 Å². The number of hydrogen-bond donors (Lipinski definition) is 2. The highest BCUT2D eigenvalue weighted by Gasteiger charge is 2.31. The highest BCUT2D eigenvalue weighted by molar-refractivity contribution is 5.31. The van der Waals surface area contributed by atoms with Crippen LogP contribution in [0.3, 0.4) is 0 Å². The molecule has 100 valence electrons. The summed E-state index contributed by atoms with van der Waals surface area (Å²) in [5.41, 5.74) is 3.25. The van der Waals surface area contributed by atoms with E-state index in [0.717, 1.165) is 6.42 Å². The maximum atomic E-state index is 14.0. The molecule has 1 aromatic carbocycles. The third-order valence-electron chi connectivity index (χ3n) is 3.42. The molecule has 5 heteroatoms. The van der Waals surface area contributed by atoms with Gasteiger partial charge in [0, 0.05) is 17.5 Å². The first-order valence-corrected chi connectivity index (χ1v) is 6.07. The van der Waals surface area contributed by atoms with Crippen LogP contribution in [0.25, 0.3) is 0 Å². The number of methoxy groups -OCH3 is 1. The molecule has 0 saturated carbocycles. The van der Waals surface area contributed by atoms with Crippen LogP contribution in [0.1, 0.15) is 24.9 Å². The summed E-state index contributed by atoms with van der Waals surface area (Å²) in [6.45, 7) is 2.61. The van der Waals surface area contributed by atoms with Gasteiger partial charge < -0.3 is 9.47 Å². The summed E-state index contributed by atoms with van der Waals surface area (Å²) in [7, 11) is 1.51. The summed E-state index contributed by atoms with van der Waals surface area (Å²) in [5, 5.41) is 0. The Kier molecular flexibility index (Phi) is 4.16. The van der Waals surface area contributed by atoms with Crippen LogP contribution in [-0.4, -0.2) is 19.8 Å². The zero-order chi connectivity index (χ0) is 13.1. The zero-order valence-corrected chi connectivity index (χ0v) is 10.7. The number of nitrogens with one attached hydrogen (secondary N) is 1. The Hall–Kier alpha value is -1.17. The number of rotatable bonds is 4. The third kappa shape index (κ3) is 2.63.